The number of hydrogen-bond acceptors (Lipinski definition) is 4. The molecule has 4 aromatic carbocycles. The Hall–Kier alpha value is -3.86. The van der Waals surface area contributed by atoms with Gasteiger partial charge in [0.1, 0.15) is 0 Å². The van der Waals surface area contributed by atoms with Crippen LogP contribution in [0.15, 0.2) is 97.1 Å². The average Bonchev–Trinajstić information content (AvgIpc) is 2.87. The molecular formula is C30H22Cl2O4. The highest BCUT2D eigenvalue weighted by atomic mass is 35.5. The Morgan fingerprint density at radius 3 is 1.19 bits per heavy atom. The molecule has 0 heterocycles. The molecule has 0 radical (unpaired) electrons. The van der Waals surface area contributed by atoms with Crippen LogP contribution < -0.4 is 0 Å². The summed E-state index contributed by atoms with van der Waals surface area (Å²) in [6.07, 6.45) is 0. The van der Waals surface area contributed by atoms with E-state index in [-0.39, 0.29) is 11.5 Å². The molecule has 4 nitrogen and oxygen atoms in total. The Morgan fingerprint density at radius 2 is 0.861 bits per heavy atom. The largest absolute Gasteiger partial charge is 0.418 e. The molecule has 0 aliphatic heterocycles. The minimum absolute atomic E-state index is 0.129. The molecule has 180 valence electrons. The number of carbonyl (C=O) groups excluding carboxylic acids is 2. The maximum atomic E-state index is 13.2. The summed E-state index contributed by atoms with van der Waals surface area (Å²) in [6.45, 7) is 3.78. The minimum atomic E-state index is -0.612. The topological polar surface area (TPSA) is 52.6 Å². The number of hydrogen-bond donors (Lipinski definition) is 0. The van der Waals surface area contributed by atoms with E-state index >= 15 is 0 Å². The maximum absolute atomic E-state index is 13.2. The summed E-state index contributed by atoms with van der Waals surface area (Å²) in [6, 6.07) is 27.6. The van der Waals surface area contributed by atoms with Crippen LogP contribution in [0, 0.1) is 13.8 Å². The molecule has 0 spiro atoms. The lowest BCUT2D eigenvalue weighted by atomic mass is 10.0. The molecule has 0 aliphatic carbocycles. The van der Waals surface area contributed by atoms with Crippen LogP contribution in [0.3, 0.4) is 0 Å². The fraction of sp³-hybridized carbons (Fsp3) is 0.0667. The van der Waals surface area contributed by atoms with E-state index < -0.39 is 11.9 Å². The third-order valence-electron chi connectivity index (χ3n) is 5.53. The lowest BCUT2D eigenvalue weighted by Gasteiger charge is -2.19. The van der Waals surface area contributed by atoms with Crippen molar-refractivity contribution in [2.75, 3.05) is 0 Å². The van der Waals surface area contributed by atoms with Crippen molar-refractivity contribution in [1.82, 2.24) is 0 Å². The number of benzene rings is 4. The normalized spacial score (nSPS) is 11.4. The van der Waals surface area contributed by atoms with Gasteiger partial charge in [-0.1, -0.05) is 71.7 Å². The second kappa shape index (κ2) is 11.3. The molecule has 0 saturated heterocycles. The zero-order chi connectivity index (χ0) is 25.7. The van der Waals surface area contributed by atoms with Crippen molar-refractivity contribution in [2.45, 2.75) is 13.8 Å². The number of halogens is 2. The molecule has 36 heavy (non-hydrogen) atoms. The molecule has 0 unspecified atom stereocenters. The van der Waals surface area contributed by atoms with Gasteiger partial charge < -0.3 is 9.47 Å². The van der Waals surface area contributed by atoms with Crippen LogP contribution in [-0.4, -0.2) is 11.9 Å². The first-order valence-corrected chi connectivity index (χ1v) is 11.9. The van der Waals surface area contributed by atoms with Crippen molar-refractivity contribution in [3.05, 3.63) is 140 Å². The molecule has 0 aromatic heterocycles. The smallest absolute Gasteiger partial charge is 0.343 e. The summed E-state index contributed by atoms with van der Waals surface area (Å²) in [4.78, 5) is 26.4. The predicted molar refractivity (Wildman–Crippen MR) is 143 cm³/mol. The zero-order valence-electron chi connectivity index (χ0n) is 19.6. The summed E-state index contributed by atoms with van der Waals surface area (Å²) in [5.74, 6) is -0.966. The Labute approximate surface area is 219 Å². The Balaban J connectivity index is 1.89. The number of carbonyl (C=O) groups is 2. The van der Waals surface area contributed by atoms with E-state index in [1.165, 1.54) is 0 Å². The van der Waals surface area contributed by atoms with Crippen molar-refractivity contribution < 1.29 is 19.1 Å². The van der Waals surface area contributed by atoms with E-state index in [9.17, 15) is 9.59 Å². The third kappa shape index (κ3) is 5.85. The number of aryl methyl sites for hydroxylation is 2. The predicted octanol–water partition coefficient (Wildman–Crippen LogP) is 8.15. The summed E-state index contributed by atoms with van der Waals surface area (Å²) >= 11 is 12.0. The first-order chi connectivity index (χ1) is 17.3. The van der Waals surface area contributed by atoms with E-state index in [1.54, 1.807) is 48.5 Å². The monoisotopic (exact) mass is 516 g/mol. The molecule has 0 atom stereocenters. The minimum Gasteiger partial charge on any atom is -0.418 e. The van der Waals surface area contributed by atoms with Crippen molar-refractivity contribution in [3.8, 4) is 0 Å². The molecule has 0 bridgehead atoms. The van der Waals surface area contributed by atoms with Gasteiger partial charge in [0.25, 0.3) is 0 Å². The summed E-state index contributed by atoms with van der Waals surface area (Å²) in [5.41, 5.74) is 3.51. The number of rotatable bonds is 6. The van der Waals surface area contributed by atoms with E-state index in [1.807, 2.05) is 62.4 Å². The van der Waals surface area contributed by atoms with Crippen LogP contribution >= 0.6 is 23.2 Å². The highest BCUT2D eigenvalue weighted by molar-refractivity contribution is 6.31. The summed E-state index contributed by atoms with van der Waals surface area (Å²) < 4.78 is 11.9. The van der Waals surface area contributed by atoms with Crippen LogP contribution in [0.2, 0.25) is 10.0 Å². The van der Waals surface area contributed by atoms with Gasteiger partial charge in [0.05, 0.1) is 11.1 Å². The second-order valence-corrected chi connectivity index (χ2v) is 8.95. The zero-order valence-corrected chi connectivity index (χ0v) is 21.1. The Kier molecular flexibility index (Phi) is 7.89. The van der Waals surface area contributed by atoms with Crippen LogP contribution in [0.25, 0.3) is 11.5 Å². The van der Waals surface area contributed by atoms with Crippen molar-refractivity contribution >= 4 is 46.7 Å². The quantitative estimate of drug-likeness (QED) is 0.147. The molecule has 0 N–H and O–H groups in total. The van der Waals surface area contributed by atoms with Crippen molar-refractivity contribution in [3.63, 3.8) is 0 Å². The van der Waals surface area contributed by atoms with E-state index in [0.29, 0.717) is 32.3 Å². The van der Waals surface area contributed by atoms with E-state index in [0.717, 1.165) is 11.1 Å². The molecule has 6 heteroatoms. The average molecular weight is 517 g/mol. The molecular weight excluding hydrogens is 495 g/mol. The van der Waals surface area contributed by atoms with Crippen molar-refractivity contribution in [2.24, 2.45) is 0 Å². The molecule has 0 aliphatic rings. The van der Waals surface area contributed by atoms with Gasteiger partial charge in [-0.2, -0.15) is 0 Å². The van der Waals surface area contributed by atoms with Crippen LogP contribution in [0.4, 0.5) is 0 Å². The maximum Gasteiger partial charge on any atom is 0.343 e. The fourth-order valence-electron chi connectivity index (χ4n) is 3.58. The first kappa shape index (κ1) is 25.2. The molecule has 0 saturated carbocycles. The lowest BCUT2D eigenvalue weighted by Crippen LogP contribution is -2.12. The third-order valence-corrected chi connectivity index (χ3v) is 6.04. The van der Waals surface area contributed by atoms with Gasteiger partial charge in [-0.3, -0.25) is 0 Å². The van der Waals surface area contributed by atoms with Gasteiger partial charge in [0, 0.05) is 21.2 Å². The summed E-state index contributed by atoms with van der Waals surface area (Å²) in [5, 5.41) is 0.998. The van der Waals surface area contributed by atoms with Gasteiger partial charge in [-0.25, -0.2) is 9.59 Å². The SMILES string of the molecule is Cc1ccccc1C(OC(=O)c1ccc(Cl)cc1)=C(OC(=O)c1ccc(Cl)cc1)c1ccccc1C. The lowest BCUT2D eigenvalue weighted by molar-refractivity contribution is 0.0646. The second-order valence-electron chi connectivity index (χ2n) is 8.08. The van der Waals surface area contributed by atoms with Gasteiger partial charge in [0.15, 0.2) is 11.5 Å². The van der Waals surface area contributed by atoms with E-state index in [2.05, 4.69) is 0 Å². The van der Waals surface area contributed by atoms with Gasteiger partial charge in [0.2, 0.25) is 0 Å². The fourth-order valence-corrected chi connectivity index (χ4v) is 3.83. The molecule has 4 aromatic rings. The Morgan fingerprint density at radius 1 is 0.528 bits per heavy atom. The van der Waals surface area contributed by atoms with Gasteiger partial charge in [-0.15, -0.1) is 0 Å². The molecule has 4 rings (SSSR count). The van der Waals surface area contributed by atoms with Crippen LogP contribution in [0.5, 0.6) is 0 Å². The summed E-state index contributed by atoms with van der Waals surface area (Å²) in [7, 11) is 0. The van der Waals surface area contributed by atoms with Crippen LogP contribution in [-0.2, 0) is 9.47 Å². The van der Waals surface area contributed by atoms with Gasteiger partial charge in [-0.05, 0) is 73.5 Å². The highest BCUT2D eigenvalue weighted by Crippen LogP contribution is 2.33. The highest BCUT2D eigenvalue weighted by Gasteiger charge is 2.24. The molecule has 0 fully saturated rings. The van der Waals surface area contributed by atoms with Crippen molar-refractivity contribution in [1.29, 1.82) is 0 Å². The number of ether oxygens (including phenoxy) is 2. The van der Waals surface area contributed by atoms with Crippen LogP contribution in [0.1, 0.15) is 43.0 Å². The standard InChI is InChI=1S/C30H22Cl2O4/c1-19-7-3-5-9-25(19)27(35-29(33)21-11-15-23(31)16-12-21)28(26-10-6-4-8-20(26)2)36-30(34)22-13-17-24(32)18-14-22/h3-18H,1-2H3. The van der Waals surface area contributed by atoms with Gasteiger partial charge >= 0.3 is 11.9 Å². The van der Waals surface area contributed by atoms with E-state index in [4.69, 9.17) is 32.7 Å². The number of esters is 2. The Bertz CT molecular complexity index is 1330. The molecule has 0 amide bonds. The first-order valence-electron chi connectivity index (χ1n) is 11.2.